The topological polar surface area (TPSA) is 51.2 Å². The van der Waals surface area contributed by atoms with Crippen LogP contribution in [0.4, 0.5) is 0 Å². The van der Waals surface area contributed by atoms with E-state index in [-0.39, 0.29) is 22.1 Å². The normalized spacial score (nSPS) is 13.7. The van der Waals surface area contributed by atoms with Crippen LogP contribution >= 0.6 is 7.80 Å². The highest BCUT2D eigenvalue weighted by Crippen LogP contribution is 2.44. The number of hydrogen-bond donors (Lipinski definition) is 0. The van der Waals surface area contributed by atoms with E-state index in [0.29, 0.717) is 22.0 Å². The zero-order valence-electron chi connectivity index (χ0n) is 28.3. The first-order valence-corrected chi connectivity index (χ1v) is 16.4. The van der Waals surface area contributed by atoms with Gasteiger partial charge in [-0.15, -0.1) is 0 Å². The first-order valence-electron chi connectivity index (χ1n) is 15.0. The van der Waals surface area contributed by atoms with Gasteiger partial charge in [0.05, 0.1) is 0 Å². The predicted molar refractivity (Wildman–Crippen MR) is 180 cm³/mol. The number of hydrogen-bond acceptors (Lipinski definition) is 3. The molecular formula is C38H51O3P. The van der Waals surface area contributed by atoms with Crippen molar-refractivity contribution in [1.29, 1.82) is 0 Å². The van der Waals surface area contributed by atoms with Crippen LogP contribution in [0.3, 0.4) is 0 Å². The fraction of sp³-hybridized carbons (Fsp3) is 0.474. The molecule has 1 unspecified atom stereocenters. The first kappa shape index (κ1) is 33.7. The van der Waals surface area contributed by atoms with Crippen molar-refractivity contribution in [3.8, 4) is 0 Å². The number of benzene rings is 3. The Hall–Kier alpha value is -2.77. The summed E-state index contributed by atoms with van der Waals surface area (Å²) in [4.78, 5) is 28.8. The lowest BCUT2D eigenvalue weighted by Crippen LogP contribution is -2.35. The van der Waals surface area contributed by atoms with Crippen LogP contribution in [-0.4, -0.2) is 11.3 Å². The maximum Gasteiger partial charge on any atom is 0.223 e. The third-order valence-corrected chi connectivity index (χ3v) is 9.65. The molecule has 0 aromatic heterocycles. The largest absolute Gasteiger partial charge is 0.313 e. The van der Waals surface area contributed by atoms with Crippen LogP contribution in [0.15, 0.2) is 48.5 Å². The highest BCUT2D eigenvalue weighted by Gasteiger charge is 2.39. The van der Waals surface area contributed by atoms with Gasteiger partial charge < -0.3 is 4.57 Å². The van der Waals surface area contributed by atoms with Crippen molar-refractivity contribution >= 4 is 24.4 Å². The lowest BCUT2D eigenvalue weighted by Gasteiger charge is -2.36. The standard InChI is InChI=1S/C38H51O3P/c1-23-20-26(35(3,4)5)21-24(2)29(23)34(40)42(41)33-28(37(9,10)11)22-27(36(6,7)8)30(31(33)38(12,13)14)32(39)25-18-16-15-17-19-25/h15-22,42H,1-14H3. The fourth-order valence-corrected chi connectivity index (χ4v) is 8.07. The smallest absolute Gasteiger partial charge is 0.223 e. The Morgan fingerprint density at radius 1 is 0.595 bits per heavy atom. The van der Waals surface area contributed by atoms with Gasteiger partial charge in [-0.2, -0.15) is 0 Å². The van der Waals surface area contributed by atoms with Crippen molar-refractivity contribution in [3.05, 3.63) is 98.6 Å². The van der Waals surface area contributed by atoms with Crippen LogP contribution < -0.4 is 5.30 Å². The van der Waals surface area contributed by atoms with E-state index in [1.807, 2.05) is 44.2 Å². The van der Waals surface area contributed by atoms with E-state index >= 15 is 0 Å². The molecule has 0 spiro atoms. The molecule has 0 fully saturated rings. The Bertz CT molecular complexity index is 1520. The summed E-state index contributed by atoms with van der Waals surface area (Å²) < 4.78 is 14.9. The molecule has 42 heavy (non-hydrogen) atoms. The molecule has 0 aliphatic heterocycles. The van der Waals surface area contributed by atoms with Gasteiger partial charge in [0.2, 0.25) is 5.52 Å². The highest BCUT2D eigenvalue weighted by molar-refractivity contribution is 7.71. The lowest BCUT2D eigenvalue weighted by molar-refractivity contribution is 0.103. The number of carbonyl (C=O) groups excluding carboxylic acids is 2. The molecular weight excluding hydrogens is 535 g/mol. The Kier molecular flexibility index (Phi) is 9.14. The molecule has 4 heteroatoms. The van der Waals surface area contributed by atoms with Gasteiger partial charge in [-0.25, -0.2) is 0 Å². The van der Waals surface area contributed by atoms with Gasteiger partial charge in [0.25, 0.3) is 0 Å². The maximum atomic E-state index is 14.9. The average Bonchev–Trinajstić information content (AvgIpc) is 2.84. The molecule has 3 aromatic rings. The molecule has 0 aliphatic carbocycles. The second kappa shape index (κ2) is 11.4. The van der Waals surface area contributed by atoms with Crippen LogP contribution in [0.2, 0.25) is 0 Å². The Balaban J connectivity index is 2.50. The minimum absolute atomic E-state index is 0.0728. The molecule has 3 aromatic carbocycles. The van der Waals surface area contributed by atoms with Gasteiger partial charge in [0.15, 0.2) is 13.6 Å². The van der Waals surface area contributed by atoms with Crippen LogP contribution in [0.5, 0.6) is 0 Å². The van der Waals surface area contributed by atoms with Gasteiger partial charge in [0.1, 0.15) is 0 Å². The molecule has 0 aliphatic rings. The fourth-order valence-electron chi connectivity index (χ4n) is 5.80. The molecule has 0 saturated heterocycles. The quantitative estimate of drug-likeness (QED) is 0.221. The van der Waals surface area contributed by atoms with E-state index in [4.69, 9.17) is 0 Å². The van der Waals surface area contributed by atoms with Gasteiger partial charge in [-0.1, -0.05) is 132 Å². The predicted octanol–water partition coefficient (Wildman–Crippen LogP) is 9.75. The third-order valence-electron chi connectivity index (χ3n) is 8.02. The van der Waals surface area contributed by atoms with E-state index in [9.17, 15) is 14.2 Å². The van der Waals surface area contributed by atoms with Crippen LogP contribution in [0.25, 0.3) is 0 Å². The molecule has 0 radical (unpaired) electrons. The van der Waals surface area contributed by atoms with E-state index in [2.05, 4.69) is 101 Å². The molecule has 0 N–H and O–H groups in total. The molecule has 1 atom stereocenters. The summed E-state index contributed by atoms with van der Waals surface area (Å²) in [5, 5.41) is 0.552. The molecule has 0 saturated carbocycles. The first-order chi connectivity index (χ1) is 19.0. The lowest BCUT2D eigenvalue weighted by atomic mass is 9.70. The third kappa shape index (κ3) is 6.73. The summed E-state index contributed by atoms with van der Waals surface area (Å²) in [7, 11) is -3.05. The zero-order valence-corrected chi connectivity index (χ0v) is 29.3. The van der Waals surface area contributed by atoms with Gasteiger partial charge >= 0.3 is 0 Å². The van der Waals surface area contributed by atoms with Crippen LogP contribution in [-0.2, 0) is 26.2 Å². The van der Waals surface area contributed by atoms with Crippen LogP contribution in [0, 0.1) is 13.8 Å². The SMILES string of the molecule is Cc1cc(C(C)(C)C)cc(C)c1C(=O)[PH](=O)c1c(C(C)(C)C)cc(C(C)(C)C)c(C(=O)c2ccccc2)c1C(C)(C)C. The highest BCUT2D eigenvalue weighted by atomic mass is 31.1. The van der Waals surface area contributed by atoms with Crippen molar-refractivity contribution < 1.29 is 14.2 Å². The van der Waals surface area contributed by atoms with E-state index < -0.39 is 18.6 Å². The minimum Gasteiger partial charge on any atom is -0.313 e. The number of carbonyl (C=O) groups is 2. The Morgan fingerprint density at radius 3 is 1.48 bits per heavy atom. The molecule has 3 rings (SSSR count). The second-order valence-electron chi connectivity index (χ2n) is 15.9. The number of ketones is 1. The van der Waals surface area contributed by atoms with Gasteiger partial charge in [-0.3, -0.25) is 9.59 Å². The Labute approximate surface area is 255 Å². The molecule has 226 valence electrons. The van der Waals surface area contributed by atoms with E-state index in [0.717, 1.165) is 33.4 Å². The van der Waals surface area contributed by atoms with E-state index in [1.54, 1.807) is 0 Å². The van der Waals surface area contributed by atoms with Crippen molar-refractivity contribution in [1.82, 2.24) is 0 Å². The average molecular weight is 587 g/mol. The molecule has 0 heterocycles. The minimum atomic E-state index is -3.05. The van der Waals surface area contributed by atoms with Crippen molar-refractivity contribution in [3.63, 3.8) is 0 Å². The van der Waals surface area contributed by atoms with E-state index in [1.165, 1.54) is 0 Å². The summed E-state index contributed by atoms with van der Waals surface area (Å²) >= 11 is 0. The summed E-state index contributed by atoms with van der Waals surface area (Å²) in [6.45, 7) is 29.1. The van der Waals surface area contributed by atoms with Gasteiger partial charge in [0, 0.05) is 22.0 Å². The van der Waals surface area contributed by atoms with Crippen LogP contribution in [0.1, 0.15) is 143 Å². The molecule has 0 bridgehead atoms. The van der Waals surface area contributed by atoms with Gasteiger partial charge in [-0.05, 0) is 68.9 Å². The zero-order chi connectivity index (χ0) is 32.2. The second-order valence-corrected chi connectivity index (χ2v) is 17.5. The number of aryl methyl sites for hydroxylation is 2. The van der Waals surface area contributed by atoms with Crippen molar-refractivity contribution in [2.24, 2.45) is 0 Å². The summed E-state index contributed by atoms with van der Waals surface area (Å²) in [6, 6.07) is 15.5. The maximum absolute atomic E-state index is 14.9. The number of rotatable bonds is 5. The van der Waals surface area contributed by atoms with Crippen molar-refractivity contribution in [2.75, 3.05) is 0 Å². The molecule has 3 nitrogen and oxygen atoms in total. The summed E-state index contributed by atoms with van der Waals surface area (Å²) in [5.74, 6) is -0.101. The monoisotopic (exact) mass is 586 g/mol. The Morgan fingerprint density at radius 2 is 1.07 bits per heavy atom. The van der Waals surface area contributed by atoms with Crippen molar-refractivity contribution in [2.45, 2.75) is 119 Å². The summed E-state index contributed by atoms with van der Waals surface area (Å²) in [5.41, 5.74) is 5.28. The molecule has 0 amide bonds. The summed E-state index contributed by atoms with van der Waals surface area (Å²) in [6.07, 6.45) is 0.